The van der Waals surface area contributed by atoms with Crippen molar-refractivity contribution < 1.29 is 19.1 Å². The fraction of sp³-hybridized carbons (Fsp3) is 0.182. The minimum atomic E-state index is -1.01. The molecule has 0 bridgehead atoms. The summed E-state index contributed by atoms with van der Waals surface area (Å²) in [6.07, 6.45) is 1.54. The molecule has 0 saturated carbocycles. The van der Waals surface area contributed by atoms with Crippen LogP contribution in [-0.2, 0) is 10.1 Å². The van der Waals surface area contributed by atoms with E-state index in [4.69, 9.17) is 14.3 Å². The highest BCUT2D eigenvalue weighted by Gasteiger charge is 2.15. The van der Waals surface area contributed by atoms with E-state index in [1.807, 2.05) is 6.07 Å². The Hall–Kier alpha value is -1.01. The van der Waals surface area contributed by atoms with Crippen LogP contribution in [0.4, 0.5) is 0 Å². The average Bonchev–Trinajstić information content (AvgIpc) is 2.76. The number of aliphatic carboxylic acids is 1. The maximum Gasteiger partial charge on any atom is 0.341 e. The highest BCUT2D eigenvalue weighted by atomic mass is 79.9. The molecule has 0 aliphatic rings. The Morgan fingerprint density at radius 1 is 1.53 bits per heavy atom. The Labute approximate surface area is 114 Å². The summed E-state index contributed by atoms with van der Waals surface area (Å²) < 4.78 is 11.4. The molecule has 0 unspecified atom stereocenters. The molecule has 4 nitrogen and oxygen atoms in total. The average molecular weight is 364 g/mol. The quantitative estimate of drug-likeness (QED) is 0.844. The summed E-state index contributed by atoms with van der Waals surface area (Å²) in [5.74, 6) is -0.471. The zero-order valence-electron chi connectivity index (χ0n) is 8.57. The Morgan fingerprint density at radius 3 is 2.94 bits per heavy atom. The lowest BCUT2D eigenvalue weighted by Gasteiger charge is -2.10. The molecule has 1 heterocycles. The van der Waals surface area contributed by atoms with Gasteiger partial charge in [0.2, 0.25) is 0 Å². The van der Waals surface area contributed by atoms with Gasteiger partial charge in [-0.1, -0.05) is 15.9 Å². The number of benzene rings is 1. The van der Waals surface area contributed by atoms with Crippen molar-refractivity contribution in [2.45, 2.75) is 5.33 Å². The predicted octanol–water partition coefficient (Wildman–Crippen LogP) is 3.55. The summed E-state index contributed by atoms with van der Waals surface area (Å²) in [7, 11) is 0. The number of halogens is 2. The maximum absolute atomic E-state index is 10.5. The third-order valence-electron chi connectivity index (χ3n) is 2.20. The molecular weight excluding hydrogens is 356 g/mol. The molecule has 1 aromatic heterocycles. The van der Waals surface area contributed by atoms with E-state index in [9.17, 15) is 4.79 Å². The van der Waals surface area contributed by atoms with E-state index in [2.05, 4.69) is 31.9 Å². The molecule has 2 rings (SSSR count). The second-order valence-corrected chi connectivity index (χ2v) is 4.74. The van der Waals surface area contributed by atoms with Gasteiger partial charge in [0.25, 0.3) is 0 Å². The highest BCUT2D eigenvalue weighted by Crippen LogP contribution is 2.37. The number of carboxylic acids is 1. The minimum absolute atomic E-state index is 0.373. The second-order valence-electron chi connectivity index (χ2n) is 3.33. The lowest BCUT2D eigenvalue weighted by molar-refractivity contribution is -0.139. The normalized spacial score (nSPS) is 10.7. The van der Waals surface area contributed by atoms with Crippen molar-refractivity contribution >= 4 is 48.8 Å². The van der Waals surface area contributed by atoms with Gasteiger partial charge in [0.05, 0.1) is 16.1 Å². The Balaban J connectivity index is 2.53. The van der Waals surface area contributed by atoms with Gasteiger partial charge >= 0.3 is 5.97 Å². The van der Waals surface area contributed by atoms with Crippen LogP contribution < -0.4 is 4.74 Å². The number of ether oxygens (including phenoxy) is 1. The molecule has 0 spiro atoms. The van der Waals surface area contributed by atoms with Gasteiger partial charge in [-0.15, -0.1) is 0 Å². The fourth-order valence-corrected chi connectivity index (χ4v) is 2.53. The van der Waals surface area contributed by atoms with Crippen molar-refractivity contribution in [3.8, 4) is 5.75 Å². The predicted molar refractivity (Wildman–Crippen MR) is 69.7 cm³/mol. The van der Waals surface area contributed by atoms with E-state index in [0.717, 1.165) is 15.4 Å². The molecule has 0 radical (unpaired) electrons. The molecule has 1 aromatic carbocycles. The van der Waals surface area contributed by atoms with Gasteiger partial charge in [-0.25, -0.2) is 4.79 Å². The fourth-order valence-electron chi connectivity index (χ4n) is 1.53. The van der Waals surface area contributed by atoms with Crippen LogP contribution in [-0.4, -0.2) is 17.7 Å². The maximum atomic E-state index is 10.5. The van der Waals surface area contributed by atoms with Gasteiger partial charge in [-0.3, -0.25) is 0 Å². The van der Waals surface area contributed by atoms with E-state index >= 15 is 0 Å². The SMILES string of the molecule is O=C(O)COc1c(CBr)cc(Br)c2occc12. The number of furan rings is 1. The summed E-state index contributed by atoms with van der Waals surface area (Å²) in [5.41, 5.74) is 1.52. The van der Waals surface area contributed by atoms with Gasteiger partial charge in [0, 0.05) is 10.9 Å². The van der Waals surface area contributed by atoms with Crippen LogP contribution in [0, 0.1) is 0 Å². The van der Waals surface area contributed by atoms with Gasteiger partial charge < -0.3 is 14.3 Å². The summed E-state index contributed by atoms with van der Waals surface area (Å²) in [6, 6.07) is 3.60. The number of carboxylic acid groups (broad SMARTS) is 1. The Kier molecular flexibility index (Phi) is 3.73. The van der Waals surface area contributed by atoms with E-state index in [1.165, 1.54) is 0 Å². The minimum Gasteiger partial charge on any atom is -0.481 e. The van der Waals surface area contributed by atoms with Crippen molar-refractivity contribution in [1.29, 1.82) is 0 Å². The first kappa shape index (κ1) is 12.4. The van der Waals surface area contributed by atoms with Crippen molar-refractivity contribution in [3.05, 3.63) is 28.4 Å². The van der Waals surface area contributed by atoms with E-state index in [1.54, 1.807) is 12.3 Å². The summed E-state index contributed by atoms with van der Waals surface area (Å²) in [6.45, 7) is -0.373. The monoisotopic (exact) mass is 362 g/mol. The van der Waals surface area contributed by atoms with E-state index in [-0.39, 0.29) is 6.61 Å². The third-order valence-corrected chi connectivity index (χ3v) is 3.40. The first-order chi connectivity index (χ1) is 8.13. The van der Waals surface area contributed by atoms with Crippen LogP contribution >= 0.6 is 31.9 Å². The molecular formula is C11H8Br2O4. The number of rotatable bonds is 4. The molecule has 0 amide bonds. The van der Waals surface area contributed by atoms with Crippen LogP contribution in [0.2, 0.25) is 0 Å². The van der Waals surface area contributed by atoms with Crippen molar-refractivity contribution in [2.75, 3.05) is 6.61 Å². The number of carbonyl (C=O) groups is 1. The van der Waals surface area contributed by atoms with Gasteiger partial charge in [-0.2, -0.15) is 0 Å². The van der Waals surface area contributed by atoms with Gasteiger partial charge in [0.15, 0.2) is 12.2 Å². The molecule has 6 heteroatoms. The first-order valence-electron chi connectivity index (χ1n) is 4.72. The molecule has 0 aliphatic carbocycles. The zero-order chi connectivity index (χ0) is 12.4. The smallest absolute Gasteiger partial charge is 0.341 e. The molecule has 0 saturated heterocycles. The number of fused-ring (bicyclic) bond motifs is 1. The van der Waals surface area contributed by atoms with Crippen molar-refractivity contribution in [2.24, 2.45) is 0 Å². The first-order valence-corrected chi connectivity index (χ1v) is 6.64. The topological polar surface area (TPSA) is 59.7 Å². The third kappa shape index (κ3) is 2.47. The molecule has 0 fully saturated rings. The zero-order valence-corrected chi connectivity index (χ0v) is 11.7. The summed E-state index contributed by atoms with van der Waals surface area (Å²) >= 11 is 6.74. The van der Waals surface area contributed by atoms with Crippen molar-refractivity contribution in [1.82, 2.24) is 0 Å². The number of hydrogen-bond donors (Lipinski definition) is 1. The largest absolute Gasteiger partial charge is 0.481 e. The van der Waals surface area contributed by atoms with E-state index < -0.39 is 5.97 Å². The summed E-state index contributed by atoms with van der Waals surface area (Å²) in [4.78, 5) is 10.5. The summed E-state index contributed by atoms with van der Waals surface area (Å²) in [5, 5.41) is 9.98. The van der Waals surface area contributed by atoms with Crippen LogP contribution in [0.1, 0.15) is 5.56 Å². The standard InChI is InChI=1S/C11H8Br2O4/c12-4-6-3-8(13)11-7(1-2-16-11)10(6)17-5-9(14)15/h1-3H,4-5H2,(H,14,15). The molecule has 0 aliphatic heterocycles. The molecule has 90 valence electrons. The van der Waals surface area contributed by atoms with Gasteiger partial charge in [0.1, 0.15) is 5.75 Å². The second kappa shape index (κ2) is 5.10. The molecule has 1 N–H and O–H groups in total. The highest BCUT2D eigenvalue weighted by molar-refractivity contribution is 9.10. The van der Waals surface area contributed by atoms with Crippen LogP contribution in [0.3, 0.4) is 0 Å². The lowest BCUT2D eigenvalue weighted by atomic mass is 10.1. The molecule has 17 heavy (non-hydrogen) atoms. The van der Waals surface area contributed by atoms with E-state index in [0.29, 0.717) is 16.7 Å². The van der Waals surface area contributed by atoms with Gasteiger partial charge in [-0.05, 0) is 28.1 Å². The van der Waals surface area contributed by atoms with Crippen LogP contribution in [0.5, 0.6) is 5.75 Å². The molecule has 0 atom stereocenters. The lowest BCUT2D eigenvalue weighted by Crippen LogP contribution is -2.10. The van der Waals surface area contributed by atoms with Crippen molar-refractivity contribution in [3.63, 3.8) is 0 Å². The van der Waals surface area contributed by atoms with Crippen LogP contribution in [0.15, 0.2) is 27.3 Å². The Bertz CT molecular complexity index is 562. The van der Waals surface area contributed by atoms with Crippen LogP contribution in [0.25, 0.3) is 11.0 Å². The molecule has 2 aromatic rings. The number of hydrogen-bond acceptors (Lipinski definition) is 3. The number of alkyl halides is 1. The Morgan fingerprint density at radius 2 is 2.29 bits per heavy atom.